The van der Waals surface area contributed by atoms with Crippen LogP contribution in [0.4, 0.5) is 0 Å². The number of nitrogens with zero attached hydrogens (tertiary/aromatic N) is 2. The van der Waals surface area contributed by atoms with Crippen LogP contribution in [0.5, 0.6) is 0 Å². The van der Waals surface area contributed by atoms with Crippen molar-refractivity contribution in [3.63, 3.8) is 0 Å². The first kappa shape index (κ1) is 22.9. The number of ether oxygens (including phenoxy) is 1. The van der Waals surface area contributed by atoms with Gasteiger partial charge in [0, 0.05) is 37.7 Å². The van der Waals surface area contributed by atoms with Crippen molar-refractivity contribution in [3.05, 3.63) is 51.5 Å². The van der Waals surface area contributed by atoms with Crippen molar-refractivity contribution >= 4 is 41.3 Å². The van der Waals surface area contributed by atoms with E-state index in [-0.39, 0.29) is 24.0 Å². The van der Waals surface area contributed by atoms with Gasteiger partial charge in [-0.25, -0.2) is 9.98 Å². The Morgan fingerprint density at radius 2 is 1.88 bits per heavy atom. The molecule has 1 heterocycles. The van der Waals surface area contributed by atoms with E-state index in [0.717, 1.165) is 31.9 Å². The summed E-state index contributed by atoms with van der Waals surface area (Å²) < 4.78 is 5.14. The predicted molar refractivity (Wildman–Crippen MR) is 121 cm³/mol. The maximum atomic E-state index is 5.14. The highest BCUT2D eigenvalue weighted by molar-refractivity contribution is 14.0. The van der Waals surface area contributed by atoms with Gasteiger partial charge < -0.3 is 15.4 Å². The Labute approximate surface area is 177 Å². The zero-order valence-corrected chi connectivity index (χ0v) is 18.9. The van der Waals surface area contributed by atoms with Crippen LogP contribution in [0.1, 0.15) is 34.9 Å². The third-order valence-corrected chi connectivity index (χ3v) is 4.88. The van der Waals surface area contributed by atoms with Gasteiger partial charge in [-0.05, 0) is 24.5 Å². The maximum absolute atomic E-state index is 5.14. The van der Waals surface area contributed by atoms with E-state index >= 15 is 0 Å². The normalized spacial score (nSPS) is 11.1. The van der Waals surface area contributed by atoms with E-state index in [1.54, 1.807) is 18.4 Å². The van der Waals surface area contributed by atoms with Crippen molar-refractivity contribution in [1.82, 2.24) is 15.6 Å². The van der Waals surface area contributed by atoms with Crippen molar-refractivity contribution in [1.29, 1.82) is 0 Å². The number of benzene rings is 1. The molecular formula is C19H29IN4OS. The molecule has 5 nitrogen and oxygen atoms in total. The van der Waals surface area contributed by atoms with Crippen molar-refractivity contribution < 1.29 is 4.74 Å². The molecule has 0 spiro atoms. The fourth-order valence-corrected chi connectivity index (χ4v) is 3.20. The summed E-state index contributed by atoms with van der Waals surface area (Å²) in [6.45, 7) is 7.20. The largest absolute Gasteiger partial charge is 0.380 e. The van der Waals surface area contributed by atoms with Crippen LogP contribution in [-0.4, -0.2) is 31.1 Å². The Morgan fingerprint density at radius 3 is 2.50 bits per heavy atom. The molecule has 2 N–H and O–H groups in total. The molecule has 144 valence electrons. The van der Waals surface area contributed by atoms with Gasteiger partial charge in [-0.2, -0.15) is 0 Å². The van der Waals surface area contributed by atoms with Crippen LogP contribution in [0.15, 0.2) is 35.5 Å². The summed E-state index contributed by atoms with van der Waals surface area (Å²) in [7, 11) is 1.71. The number of methoxy groups -OCH3 is 1. The lowest BCUT2D eigenvalue weighted by Crippen LogP contribution is -2.38. The lowest BCUT2D eigenvalue weighted by Gasteiger charge is -2.10. The van der Waals surface area contributed by atoms with Gasteiger partial charge in [-0.15, -0.1) is 35.3 Å². The fourth-order valence-electron chi connectivity index (χ4n) is 2.33. The number of rotatable bonds is 9. The number of halogens is 1. The highest BCUT2D eigenvalue weighted by Crippen LogP contribution is 2.13. The molecule has 2 rings (SSSR count). The molecule has 0 saturated heterocycles. The average molecular weight is 488 g/mol. The Morgan fingerprint density at radius 1 is 1.15 bits per heavy atom. The van der Waals surface area contributed by atoms with E-state index in [1.807, 2.05) is 6.20 Å². The summed E-state index contributed by atoms with van der Waals surface area (Å²) in [5.41, 5.74) is 2.36. The molecule has 2 aromatic rings. The van der Waals surface area contributed by atoms with Crippen LogP contribution < -0.4 is 10.6 Å². The Balaban J connectivity index is 0.00000338. The van der Waals surface area contributed by atoms with E-state index in [9.17, 15) is 0 Å². The third-order valence-electron chi connectivity index (χ3n) is 3.68. The fraction of sp³-hybridized carbons (Fsp3) is 0.474. The molecular weight excluding hydrogens is 459 g/mol. The SMILES string of the molecule is CCNC(=NCc1ccc(COC)cc1)NCCc1ncc(CC)s1.I. The number of aryl methyl sites for hydroxylation is 1. The Hall–Kier alpha value is -1.19. The van der Waals surface area contributed by atoms with Crippen LogP contribution in [0.3, 0.4) is 0 Å². The molecule has 0 bridgehead atoms. The second-order valence-electron chi connectivity index (χ2n) is 5.70. The van der Waals surface area contributed by atoms with Gasteiger partial charge in [0.05, 0.1) is 18.2 Å². The minimum Gasteiger partial charge on any atom is -0.380 e. The molecule has 7 heteroatoms. The predicted octanol–water partition coefficient (Wildman–Crippen LogP) is 3.77. The van der Waals surface area contributed by atoms with E-state index in [4.69, 9.17) is 4.74 Å². The van der Waals surface area contributed by atoms with E-state index in [1.165, 1.54) is 21.0 Å². The van der Waals surface area contributed by atoms with Gasteiger partial charge in [0.15, 0.2) is 5.96 Å². The monoisotopic (exact) mass is 488 g/mol. The van der Waals surface area contributed by atoms with E-state index in [0.29, 0.717) is 13.2 Å². The van der Waals surface area contributed by atoms with Gasteiger partial charge in [-0.3, -0.25) is 0 Å². The highest BCUT2D eigenvalue weighted by Gasteiger charge is 2.02. The van der Waals surface area contributed by atoms with Crippen LogP contribution in [0.25, 0.3) is 0 Å². The molecule has 0 amide bonds. The molecule has 0 saturated carbocycles. The highest BCUT2D eigenvalue weighted by atomic mass is 127. The lowest BCUT2D eigenvalue weighted by atomic mass is 10.1. The summed E-state index contributed by atoms with van der Waals surface area (Å²) in [6, 6.07) is 8.37. The standard InChI is InChI=1S/C19H28N4OS.HI/c1-4-17-13-22-18(25-17)10-11-21-19(20-5-2)23-12-15-6-8-16(9-7-15)14-24-3;/h6-9,13H,4-5,10-12,14H2,1-3H3,(H2,20,21,23);1H. The summed E-state index contributed by atoms with van der Waals surface area (Å²) in [5.74, 6) is 0.843. The number of nitrogens with one attached hydrogen (secondary N) is 2. The van der Waals surface area contributed by atoms with Gasteiger partial charge in [0.2, 0.25) is 0 Å². The number of aromatic nitrogens is 1. The van der Waals surface area contributed by atoms with Crippen molar-refractivity contribution in [3.8, 4) is 0 Å². The Bertz CT molecular complexity index is 658. The summed E-state index contributed by atoms with van der Waals surface area (Å²) >= 11 is 1.79. The topological polar surface area (TPSA) is 58.5 Å². The second-order valence-corrected chi connectivity index (χ2v) is 6.90. The minimum atomic E-state index is 0. The molecule has 26 heavy (non-hydrogen) atoms. The molecule has 0 aliphatic heterocycles. The van der Waals surface area contributed by atoms with Crippen molar-refractivity contribution in [2.24, 2.45) is 4.99 Å². The molecule has 0 unspecified atom stereocenters. The summed E-state index contributed by atoms with van der Waals surface area (Å²) in [5, 5.41) is 7.85. The van der Waals surface area contributed by atoms with Crippen molar-refractivity contribution in [2.45, 2.75) is 39.8 Å². The van der Waals surface area contributed by atoms with Crippen molar-refractivity contribution in [2.75, 3.05) is 20.2 Å². The minimum absolute atomic E-state index is 0. The average Bonchev–Trinajstić information content (AvgIpc) is 3.09. The first-order valence-corrected chi connectivity index (χ1v) is 9.59. The van der Waals surface area contributed by atoms with Crippen LogP contribution in [-0.2, 0) is 30.7 Å². The summed E-state index contributed by atoms with van der Waals surface area (Å²) in [6.07, 6.45) is 3.95. The zero-order valence-electron chi connectivity index (χ0n) is 15.7. The van der Waals surface area contributed by atoms with Gasteiger partial charge in [-0.1, -0.05) is 31.2 Å². The molecule has 0 atom stereocenters. The molecule has 1 aromatic heterocycles. The first-order valence-electron chi connectivity index (χ1n) is 8.77. The van der Waals surface area contributed by atoms with Gasteiger partial charge >= 0.3 is 0 Å². The smallest absolute Gasteiger partial charge is 0.191 e. The maximum Gasteiger partial charge on any atom is 0.191 e. The third kappa shape index (κ3) is 8.01. The van der Waals surface area contributed by atoms with E-state index in [2.05, 4.69) is 58.7 Å². The van der Waals surface area contributed by atoms with E-state index < -0.39 is 0 Å². The molecule has 0 aliphatic carbocycles. The van der Waals surface area contributed by atoms with Crippen LogP contribution in [0, 0.1) is 0 Å². The van der Waals surface area contributed by atoms with Crippen LogP contribution >= 0.6 is 35.3 Å². The quantitative estimate of drug-likeness (QED) is 0.321. The van der Waals surface area contributed by atoms with Crippen LogP contribution in [0.2, 0.25) is 0 Å². The molecule has 0 aliphatic rings. The molecule has 0 fully saturated rings. The zero-order chi connectivity index (χ0) is 17.9. The molecule has 1 aromatic carbocycles. The number of aliphatic imine (C=N–C) groups is 1. The van der Waals surface area contributed by atoms with Gasteiger partial charge in [0.1, 0.15) is 0 Å². The lowest BCUT2D eigenvalue weighted by molar-refractivity contribution is 0.185. The number of guanidine groups is 1. The molecule has 0 radical (unpaired) electrons. The number of hydrogen-bond acceptors (Lipinski definition) is 4. The Kier molecular flexibility index (Phi) is 11.5. The number of hydrogen-bond donors (Lipinski definition) is 2. The first-order chi connectivity index (χ1) is 12.2. The van der Waals surface area contributed by atoms with Gasteiger partial charge in [0.25, 0.3) is 0 Å². The number of thiazole rings is 1. The second kappa shape index (κ2) is 13.1. The summed E-state index contributed by atoms with van der Waals surface area (Å²) in [4.78, 5) is 10.5.